The number of hydrogen-bond donors (Lipinski definition) is 3. The lowest BCUT2D eigenvalue weighted by Crippen LogP contribution is -2.57. The third-order valence-corrected chi connectivity index (χ3v) is 1.85. The van der Waals surface area contributed by atoms with Gasteiger partial charge in [-0.1, -0.05) is 6.92 Å². The van der Waals surface area contributed by atoms with Gasteiger partial charge in [-0.05, 0) is 0 Å². The zero-order valence-electron chi connectivity index (χ0n) is 6.63. The van der Waals surface area contributed by atoms with E-state index in [1.165, 1.54) is 0 Å². The van der Waals surface area contributed by atoms with E-state index in [-0.39, 0.29) is 24.5 Å². The molecule has 1 rings (SSSR count). The molecule has 3 N–H and O–H groups in total. The van der Waals surface area contributed by atoms with Crippen molar-refractivity contribution < 1.29 is 9.90 Å². The minimum Gasteiger partial charge on any atom is -0.396 e. The smallest absolute Gasteiger partial charge is 0.225 e. The maximum atomic E-state index is 11.1. The Morgan fingerprint density at radius 2 is 2.45 bits per heavy atom. The number of amides is 1. The number of rotatable bonds is 3. The average molecular weight is 158 g/mol. The highest BCUT2D eigenvalue weighted by atomic mass is 16.3. The van der Waals surface area contributed by atoms with E-state index in [0.29, 0.717) is 0 Å². The molecule has 0 spiro atoms. The van der Waals surface area contributed by atoms with Gasteiger partial charge in [-0.15, -0.1) is 0 Å². The van der Waals surface area contributed by atoms with E-state index in [1.807, 2.05) is 0 Å². The highest BCUT2D eigenvalue weighted by Crippen LogP contribution is 1.96. The van der Waals surface area contributed by atoms with Gasteiger partial charge >= 0.3 is 0 Å². The fraction of sp³-hybridized carbons (Fsp3) is 0.857. The van der Waals surface area contributed by atoms with Crippen molar-refractivity contribution in [2.24, 2.45) is 5.92 Å². The second-order valence-corrected chi connectivity index (χ2v) is 2.95. The Morgan fingerprint density at radius 1 is 1.82 bits per heavy atom. The van der Waals surface area contributed by atoms with E-state index in [4.69, 9.17) is 5.11 Å². The predicted molar refractivity (Wildman–Crippen MR) is 41.1 cm³/mol. The third kappa shape index (κ3) is 2.17. The molecule has 1 saturated heterocycles. The molecule has 1 aliphatic rings. The van der Waals surface area contributed by atoms with Crippen LogP contribution in [0.3, 0.4) is 0 Å². The number of nitrogens with one attached hydrogen (secondary N) is 2. The molecule has 0 aromatic carbocycles. The molecular weight excluding hydrogens is 144 g/mol. The molecule has 0 aliphatic carbocycles. The second-order valence-electron chi connectivity index (χ2n) is 2.95. The summed E-state index contributed by atoms with van der Waals surface area (Å²) in [6.07, 6.45) is 0. The number of aliphatic hydroxyl groups is 1. The maximum absolute atomic E-state index is 11.1. The van der Waals surface area contributed by atoms with Gasteiger partial charge in [0.05, 0.1) is 18.6 Å². The second kappa shape index (κ2) is 3.69. The van der Waals surface area contributed by atoms with Crippen LogP contribution in [0, 0.1) is 5.92 Å². The first-order valence-electron chi connectivity index (χ1n) is 3.86. The Labute approximate surface area is 66.0 Å². The van der Waals surface area contributed by atoms with Crippen LogP contribution in [0.25, 0.3) is 0 Å². The van der Waals surface area contributed by atoms with Gasteiger partial charge in [0, 0.05) is 13.1 Å². The molecule has 0 saturated carbocycles. The summed E-state index contributed by atoms with van der Waals surface area (Å²) in [6.45, 7) is 3.33. The molecule has 0 bridgehead atoms. The summed E-state index contributed by atoms with van der Waals surface area (Å²) in [5.41, 5.74) is 0. The molecule has 1 atom stereocenters. The zero-order valence-corrected chi connectivity index (χ0v) is 6.63. The standard InChI is InChI=1S/C7H14N2O2/c1-5(4-10)7(11)9-6-2-8-3-6/h5-6,8,10H,2-4H2,1H3,(H,9,11). The van der Waals surface area contributed by atoms with Gasteiger partial charge in [0.15, 0.2) is 0 Å². The molecule has 1 fully saturated rings. The number of hydrogen-bond acceptors (Lipinski definition) is 3. The van der Waals surface area contributed by atoms with Gasteiger partial charge in [0.25, 0.3) is 0 Å². The van der Waals surface area contributed by atoms with Crippen molar-refractivity contribution in [1.29, 1.82) is 0 Å². The van der Waals surface area contributed by atoms with E-state index in [0.717, 1.165) is 13.1 Å². The number of carbonyl (C=O) groups is 1. The fourth-order valence-corrected chi connectivity index (χ4v) is 0.817. The summed E-state index contributed by atoms with van der Waals surface area (Å²) < 4.78 is 0. The van der Waals surface area contributed by atoms with Crippen LogP contribution in [-0.4, -0.2) is 36.8 Å². The van der Waals surface area contributed by atoms with Gasteiger partial charge in [-0.3, -0.25) is 4.79 Å². The quantitative estimate of drug-likeness (QED) is 0.478. The summed E-state index contributed by atoms with van der Waals surface area (Å²) in [7, 11) is 0. The van der Waals surface area contributed by atoms with E-state index in [9.17, 15) is 4.79 Å². The molecule has 4 heteroatoms. The van der Waals surface area contributed by atoms with Crippen molar-refractivity contribution in [3.8, 4) is 0 Å². The van der Waals surface area contributed by atoms with E-state index in [2.05, 4.69) is 10.6 Å². The van der Waals surface area contributed by atoms with Crippen LogP contribution in [0.2, 0.25) is 0 Å². The lowest BCUT2D eigenvalue weighted by atomic mass is 10.1. The lowest BCUT2D eigenvalue weighted by Gasteiger charge is -2.28. The highest BCUT2D eigenvalue weighted by molar-refractivity contribution is 5.78. The van der Waals surface area contributed by atoms with E-state index < -0.39 is 0 Å². The molecule has 64 valence electrons. The van der Waals surface area contributed by atoms with Crippen molar-refractivity contribution in [3.63, 3.8) is 0 Å². The van der Waals surface area contributed by atoms with Crippen LogP contribution in [0.15, 0.2) is 0 Å². The predicted octanol–water partition coefficient (Wildman–Crippen LogP) is -1.30. The SMILES string of the molecule is CC(CO)C(=O)NC1CNC1. The van der Waals surface area contributed by atoms with E-state index in [1.54, 1.807) is 6.92 Å². The first-order valence-corrected chi connectivity index (χ1v) is 3.86. The Bertz CT molecular complexity index is 145. The summed E-state index contributed by atoms with van der Waals surface area (Å²) in [5.74, 6) is -0.338. The van der Waals surface area contributed by atoms with Gasteiger partial charge in [-0.2, -0.15) is 0 Å². The molecule has 1 aliphatic heterocycles. The molecule has 4 nitrogen and oxygen atoms in total. The number of aliphatic hydroxyl groups excluding tert-OH is 1. The van der Waals surface area contributed by atoms with Crippen molar-refractivity contribution in [2.45, 2.75) is 13.0 Å². The van der Waals surface area contributed by atoms with Crippen molar-refractivity contribution in [3.05, 3.63) is 0 Å². The highest BCUT2D eigenvalue weighted by Gasteiger charge is 2.21. The normalized spacial score (nSPS) is 20.5. The molecule has 1 heterocycles. The van der Waals surface area contributed by atoms with E-state index >= 15 is 0 Å². The van der Waals surface area contributed by atoms with Crippen LogP contribution < -0.4 is 10.6 Å². The Balaban J connectivity index is 2.19. The van der Waals surface area contributed by atoms with Crippen LogP contribution in [-0.2, 0) is 4.79 Å². The first kappa shape index (κ1) is 8.49. The topological polar surface area (TPSA) is 61.4 Å². The van der Waals surface area contributed by atoms with Gasteiger partial charge in [-0.25, -0.2) is 0 Å². The lowest BCUT2D eigenvalue weighted by molar-refractivity contribution is -0.126. The minimum absolute atomic E-state index is 0.0565. The van der Waals surface area contributed by atoms with Crippen LogP contribution in [0.4, 0.5) is 0 Å². The Morgan fingerprint density at radius 3 is 2.82 bits per heavy atom. The third-order valence-electron chi connectivity index (χ3n) is 1.85. The van der Waals surface area contributed by atoms with Crippen LogP contribution >= 0.6 is 0 Å². The summed E-state index contributed by atoms with van der Waals surface area (Å²) in [6, 6.07) is 0.275. The van der Waals surface area contributed by atoms with Crippen molar-refractivity contribution in [1.82, 2.24) is 10.6 Å². The van der Waals surface area contributed by atoms with Crippen molar-refractivity contribution >= 4 is 5.91 Å². The minimum atomic E-state index is -0.282. The van der Waals surface area contributed by atoms with Gasteiger partial charge in [0.1, 0.15) is 0 Å². The van der Waals surface area contributed by atoms with Crippen LogP contribution in [0.1, 0.15) is 6.92 Å². The molecule has 0 aromatic heterocycles. The molecular formula is C7H14N2O2. The molecule has 0 aromatic rings. The summed E-state index contributed by atoms with van der Waals surface area (Å²) in [5, 5.41) is 14.5. The maximum Gasteiger partial charge on any atom is 0.225 e. The first-order chi connectivity index (χ1) is 5.24. The summed E-state index contributed by atoms with van der Waals surface area (Å²) in [4.78, 5) is 11.1. The fourth-order valence-electron chi connectivity index (χ4n) is 0.817. The molecule has 0 radical (unpaired) electrons. The summed E-state index contributed by atoms with van der Waals surface area (Å²) >= 11 is 0. The largest absolute Gasteiger partial charge is 0.396 e. The van der Waals surface area contributed by atoms with Gasteiger partial charge < -0.3 is 15.7 Å². The number of carbonyl (C=O) groups excluding carboxylic acids is 1. The van der Waals surface area contributed by atoms with Crippen LogP contribution in [0.5, 0.6) is 0 Å². The monoisotopic (exact) mass is 158 g/mol. The Kier molecular flexibility index (Phi) is 2.84. The Hall–Kier alpha value is -0.610. The van der Waals surface area contributed by atoms with Gasteiger partial charge in [0.2, 0.25) is 5.91 Å². The molecule has 1 unspecified atom stereocenters. The van der Waals surface area contributed by atoms with Crippen molar-refractivity contribution in [2.75, 3.05) is 19.7 Å². The zero-order chi connectivity index (χ0) is 8.27. The molecule has 1 amide bonds. The molecule has 11 heavy (non-hydrogen) atoms. The average Bonchev–Trinajstić information content (AvgIpc) is 1.94.